The number of nitrogens with zero attached hydrogens (tertiary/aromatic N) is 2. The molecule has 4 heteroatoms. The standard InChI is InChI=1S/C14H19BrN2O/c1-11(18)16-7-8-17(14(2,3)10-16)13-6-4-5-12(15)9-13/h4-6,9H,7-8,10H2,1-3H3. The molecule has 1 aliphatic heterocycles. The van der Waals surface area contributed by atoms with E-state index in [1.165, 1.54) is 5.69 Å². The van der Waals surface area contributed by atoms with E-state index in [-0.39, 0.29) is 11.4 Å². The lowest BCUT2D eigenvalue weighted by molar-refractivity contribution is -0.130. The highest BCUT2D eigenvalue weighted by atomic mass is 79.9. The Morgan fingerprint density at radius 3 is 2.61 bits per heavy atom. The number of hydrogen-bond donors (Lipinski definition) is 0. The monoisotopic (exact) mass is 310 g/mol. The Morgan fingerprint density at radius 1 is 1.33 bits per heavy atom. The lowest BCUT2D eigenvalue weighted by atomic mass is 9.97. The predicted molar refractivity (Wildman–Crippen MR) is 77.8 cm³/mol. The van der Waals surface area contributed by atoms with Crippen LogP contribution in [0.4, 0.5) is 5.69 Å². The molecule has 1 aliphatic rings. The van der Waals surface area contributed by atoms with Crippen molar-refractivity contribution in [3.05, 3.63) is 28.7 Å². The molecule has 0 unspecified atom stereocenters. The van der Waals surface area contributed by atoms with Crippen molar-refractivity contribution in [2.45, 2.75) is 26.3 Å². The molecule has 0 aromatic heterocycles. The van der Waals surface area contributed by atoms with Crippen LogP contribution in [0.25, 0.3) is 0 Å². The molecule has 0 bridgehead atoms. The number of piperazine rings is 1. The molecule has 0 saturated carbocycles. The van der Waals surface area contributed by atoms with E-state index >= 15 is 0 Å². The van der Waals surface area contributed by atoms with Gasteiger partial charge < -0.3 is 9.80 Å². The molecule has 2 rings (SSSR count). The molecule has 0 spiro atoms. The summed E-state index contributed by atoms with van der Waals surface area (Å²) in [6.45, 7) is 8.46. The Morgan fingerprint density at radius 2 is 2.06 bits per heavy atom. The first-order valence-corrected chi connectivity index (χ1v) is 6.98. The van der Waals surface area contributed by atoms with Gasteiger partial charge in [0, 0.05) is 36.7 Å². The summed E-state index contributed by atoms with van der Waals surface area (Å²) in [6, 6.07) is 8.33. The number of carbonyl (C=O) groups excluding carboxylic acids is 1. The van der Waals surface area contributed by atoms with E-state index in [1.807, 2.05) is 17.0 Å². The van der Waals surface area contributed by atoms with Gasteiger partial charge in [0.2, 0.25) is 5.91 Å². The molecule has 1 aromatic carbocycles. The smallest absolute Gasteiger partial charge is 0.219 e. The number of carbonyl (C=O) groups is 1. The van der Waals surface area contributed by atoms with Gasteiger partial charge >= 0.3 is 0 Å². The summed E-state index contributed by atoms with van der Waals surface area (Å²) in [4.78, 5) is 15.8. The van der Waals surface area contributed by atoms with Crippen LogP contribution in [0.3, 0.4) is 0 Å². The van der Waals surface area contributed by atoms with Gasteiger partial charge in [-0.2, -0.15) is 0 Å². The van der Waals surface area contributed by atoms with E-state index in [9.17, 15) is 4.79 Å². The minimum absolute atomic E-state index is 0.0370. The second-order valence-electron chi connectivity index (χ2n) is 5.38. The van der Waals surface area contributed by atoms with Crippen LogP contribution in [0.5, 0.6) is 0 Å². The zero-order valence-corrected chi connectivity index (χ0v) is 12.7. The van der Waals surface area contributed by atoms with Crippen molar-refractivity contribution in [1.29, 1.82) is 0 Å². The highest BCUT2D eigenvalue weighted by Crippen LogP contribution is 2.29. The number of benzene rings is 1. The summed E-state index contributed by atoms with van der Waals surface area (Å²) in [5.74, 6) is 0.164. The molecular formula is C14H19BrN2O. The molecule has 1 aromatic rings. The van der Waals surface area contributed by atoms with Crippen molar-refractivity contribution in [1.82, 2.24) is 4.90 Å². The molecule has 1 fully saturated rings. The Hall–Kier alpha value is -1.03. The molecule has 0 aliphatic carbocycles. The maximum Gasteiger partial charge on any atom is 0.219 e. The van der Waals surface area contributed by atoms with Gasteiger partial charge in [0.25, 0.3) is 0 Å². The van der Waals surface area contributed by atoms with Crippen molar-refractivity contribution in [3.8, 4) is 0 Å². The molecule has 1 heterocycles. The van der Waals surface area contributed by atoms with E-state index < -0.39 is 0 Å². The number of anilines is 1. The minimum atomic E-state index is -0.0370. The minimum Gasteiger partial charge on any atom is -0.363 e. The van der Waals surface area contributed by atoms with Crippen molar-refractivity contribution in [3.63, 3.8) is 0 Å². The fraction of sp³-hybridized carbons (Fsp3) is 0.500. The predicted octanol–water partition coefficient (Wildman–Crippen LogP) is 2.90. The van der Waals surface area contributed by atoms with Crippen LogP contribution in [-0.2, 0) is 4.79 Å². The third-order valence-corrected chi connectivity index (χ3v) is 3.96. The van der Waals surface area contributed by atoms with E-state index in [2.05, 4.69) is 46.8 Å². The van der Waals surface area contributed by atoms with Gasteiger partial charge in [0.1, 0.15) is 0 Å². The molecular weight excluding hydrogens is 292 g/mol. The maximum absolute atomic E-state index is 11.5. The number of amides is 1. The van der Waals surface area contributed by atoms with Crippen LogP contribution in [-0.4, -0.2) is 36.0 Å². The van der Waals surface area contributed by atoms with Crippen LogP contribution < -0.4 is 4.90 Å². The van der Waals surface area contributed by atoms with Crippen LogP contribution in [0.2, 0.25) is 0 Å². The summed E-state index contributed by atoms with van der Waals surface area (Å²) in [7, 11) is 0. The molecule has 1 amide bonds. The summed E-state index contributed by atoms with van der Waals surface area (Å²) in [5.41, 5.74) is 1.17. The second kappa shape index (κ2) is 4.92. The van der Waals surface area contributed by atoms with Gasteiger partial charge in [-0.15, -0.1) is 0 Å². The van der Waals surface area contributed by atoms with Crippen LogP contribution in [0.1, 0.15) is 20.8 Å². The average molecular weight is 311 g/mol. The number of rotatable bonds is 1. The van der Waals surface area contributed by atoms with Gasteiger partial charge in [0.05, 0.1) is 5.54 Å². The molecule has 0 atom stereocenters. The maximum atomic E-state index is 11.5. The first kappa shape index (κ1) is 13.4. The van der Waals surface area contributed by atoms with Crippen LogP contribution in [0, 0.1) is 0 Å². The van der Waals surface area contributed by atoms with E-state index in [0.29, 0.717) is 0 Å². The summed E-state index contributed by atoms with van der Waals surface area (Å²) < 4.78 is 1.09. The average Bonchev–Trinajstić information content (AvgIpc) is 2.27. The molecule has 3 nitrogen and oxygen atoms in total. The van der Waals surface area contributed by atoms with E-state index in [1.54, 1.807) is 6.92 Å². The third kappa shape index (κ3) is 2.69. The quantitative estimate of drug-likeness (QED) is 0.796. The van der Waals surface area contributed by atoms with Crippen molar-refractivity contribution >= 4 is 27.5 Å². The van der Waals surface area contributed by atoms with Crippen molar-refractivity contribution in [2.24, 2.45) is 0 Å². The Balaban J connectivity index is 2.23. The Bertz CT molecular complexity index is 459. The zero-order chi connectivity index (χ0) is 13.3. The largest absolute Gasteiger partial charge is 0.363 e. The van der Waals surface area contributed by atoms with Gasteiger partial charge in [-0.3, -0.25) is 4.79 Å². The molecule has 0 radical (unpaired) electrons. The third-order valence-electron chi connectivity index (χ3n) is 3.47. The lowest BCUT2D eigenvalue weighted by Crippen LogP contribution is -2.60. The molecule has 98 valence electrons. The van der Waals surface area contributed by atoms with Crippen molar-refractivity contribution in [2.75, 3.05) is 24.5 Å². The zero-order valence-electron chi connectivity index (χ0n) is 11.1. The summed E-state index contributed by atoms with van der Waals surface area (Å²) >= 11 is 3.51. The highest BCUT2D eigenvalue weighted by Gasteiger charge is 2.34. The summed E-state index contributed by atoms with van der Waals surface area (Å²) in [5, 5.41) is 0. The molecule has 1 saturated heterocycles. The summed E-state index contributed by atoms with van der Waals surface area (Å²) in [6.07, 6.45) is 0. The van der Waals surface area contributed by atoms with Gasteiger partial charge in [-0.25, -0.2) is 0 Å². The van der Waals surface area contributed by atoms with Crippen LogP contribution >= 0.6 is 15.9 Å². The Labute approximate surface area is 117 Å². The normalized spacial score (nSPS) is 18.9. The number of halogens is 1. The first-order valence-electron chi connectivity index (χ1n) is 6.19. The van der Waals surface area contributed by atoms with E-state index in [0.717, 1.165) is 24.1 Å². The van der Waals surface area contributed by atoms with Gasteiger partial charge in [0.15, 0.2) is 0 Å². The van der Waals surface area contributed by atoms with E-state index in [4.69, 9.17) is 0 Å². The second-order valence-corrected chi connectivity index (χ2v) is 6.30. The SMILES string of the molecule is CC(=O)N1CCN(c2cccc(Br)c2)C(C)(C)C1. The van der Waals surface area contributed by atoms with Crippen LogP contribution in [0.15, 0.2) is 28.7 Å². The van der Waals surface area contributed by atoms with Gasteiger partial charge in [-0.05, 0) is 32.0 Å². The number of hydrogen-bond acceptors (Lipinski definition) is 2. The lowest BCUT2D eigenvalue weighted by Gasteiger charge is -2.48. The topological polar surface area (TPSA) is 23.6 Å². The fourth-order valence-corrected chi connectivity index (χ4v) is 2.93. The molecule has 18 heavy (non-hydrogen) atoms. The first-order chi connectivity index (χ1) is 8.40. The van der Waals surface area contributed by atoms with Crippen molar-refractivity contribution < 1.29 is 4.79 Å². The Kier molecular flexibility index (Phi) is 3.66. The fourth-order valence-electron chi connectivity index (χ4n) is 2.55. The van der Waals surface area contributed by atoms with Gasteiger partial charge in [-0.1, -0.05) is 22.0 Å². The molecule has 0 N–H and O–H groups in total. The highest BCUT2D eigenvalue weighted by molar-refractivity contribution is 9.10.